The van der Waals surface area contributed by atoms with Crippen molar-refractivity contribution in [2.45, 2.75) is 6.42 Å². The van der Waals surface area contributed by atoms with Crippen LogP contribution in [-0.4, -0.2) is 26.3 Å². The molecule has 0 aromatic carbocycles. The third-order valence-corrected chi connectivity index (χ3v) is 3.55. The molecule has 0 saturated carbocycles. The van der Waals surface area contributed by atoms with Crippen LogP contribution in [0.1, 0.15) is 5.56 Å². The van der Waals surface area contributed by atoms with Crippen LogP contribution in [0.3, 0.4) is 0 Å². The molecule has 3 rings (SSSR count). The Labute approximate surface area is 109 Å². The molecule has 0 saturated heterocycles. The quantitative estimate of drug-likeness (QED) is 0.779. The van der Waals surface area contributed by atoms with E-state index in [1.807, 2.05) is 35.6 Å². The number of nitrogens with one attached hydrogen (secondary N) is 1. The maximum Gasteiger partial charge on any atom is 0.138 e. The van der Waals surface area contributed by atoms with Crippen molar-refractivity contribution < 1.29 is 0 Å². The molecule has 92 valence electrons. The summed E-state index contributed by atoms with van der Waals surface area (Å²) in [6.45, 7) is 0.841. The van der Waals surface area contributed by atoms with Gasteiger partial charge in [0.25, 0.3) is 0 Å². The van der Waals surface area contributed by atoms with Gasteiger partial charge in [0.2, 0.25) is 0 Å². The smallest absolute Gasteiger partial charge is 0.138 e. The molecule has 18 heavy (non-hydrogen) atoms. The van der Waals surface area contributed by atoms with Crippen LogP contribution in [0.4, 0.5) is 5.82 Å². The fraction of sp³-hybridized carbons (Fsp3) is 0.250. The maximum absolute atomic E-state index is 4.28. The highest BCUT2D eigenvalue weighted by Crippen LogP contribution is 2.23. The van der Waals surface area contributed by atoms with Crippen molar-refractivity contribution in [3.05, 3.63) is 35.7 Å². The Morgan fingerprint density at radius 2 is 2.33 bits per heavy atom. The van der Waals surface area contributed by atoms with E-state index in [0.29, 0.717) is 0 Å². The molecule has 0 spiro atoms. The predicted molar refractivity (Wildman–Crippen MR) is 72.8 cm³/mol. The zero-order valence-corrected chi connectivity index (χ0v) is 10.8. The summed E-state index contributed by atoms with van der Waals surface area (Å²) in [4.78, 5) is 9.53. The van der Waals surface area contributed by atoms with Crippen molar-refractivity contribution in [3.63, 3.8) is 0 Å². The van der Waals surface area contributed by atoms with E-state index in [1.54, 1.807) is 17.7 Å². The van der Waals surface area contributed by atoms with Gasteiger partial charge in [-0.1, -0.05) is 0 Å². The Balaban J connectivity index is 1.68. The summed E-state index contributed by atoms with van der Waals surface area (Å²) in [6, 6.07) is 2.05. The van der Waals surface area contributed by atoms with Crippen LogP contribution >= 0.6 is 11.3 Å². The van der Waals surface area contributed by atoms with Crippen molar-refractivity contribution in [1.29, 1.82) is 0 Å². The van der Waals surface area contributed by atoms with Crippen molar-refractivity contribution in [3.8, 4) is 0 Å². The van der Waals surface area contributed by atoms with Crippen LogP contribution in [0.2, 0.25) is 0 Å². The van der Waals surface area contributed by atoms with Gasteiger partial charge in [0.1, 0.15) is 17.0 Å². The van der Waals surface area contributed by atoms with E-state index in [2.05, 4.69) is 20.4 Å². The molecule has 0 amide bonds. The van der Waals surface area contributed by atoms with Gasteiger partial charge in [-0.25, -0.2) is 9.97 Å². The number of hydrogen-bond donors (Lipinski definition) is 1. The standard InChI is InChI=1S/C12H13N5S/c1-17-7-9(6-16-17)2-4-13-11-10-3-5-18-12(10)15-8-14-11/h3,5-8H,2,4H2,1H3,(H,13,14,15). The van der Waals surface area contributed by atoms with Gasteiger partial charge < -0.3 is 5.32 Å². The number of thiophene rings is 1. The monoisotopic (exact) mass is 259 g/mol. The Hall–Kier alpha value is -1.95. The number of anilines is 1. The number of aromatic nitrogens is 4. The molecular formula is C12H13N5S. The van der Waals surface area contributed by atoms with Gasteiger partial charge in [0.05, 0.1) is 11.6 Å². The van der Waals surface area contributed by atoms with Crippen LogP contribution in [0.15, 0.2) is 30.2 Å². The molecule has 5 nitrogen and oxygen atoms in total. The largest absolute Gasteiger partial charge is 0.369 e. The second-order valence-corrected chi connectivity index (χ2v) is 4.96. The topological polar surface area (TPSA) is 55.6 Å². The highest BCUT2D eigenvalue weighted by molar-refractivity contribution is 7.16. The highest BCUT2D eigenvalue weighted by Gasteiger charge is 2.04. The lowest BCUT2D eigenvalue weighted by Gasteiger charge is -2.04. The van der Waals surface area contributed by atoms with Gasteiger partial charge >= 0.3 is 0 Å². The van der Waals surface area contributed by atoms with Crippen LogP contribution in [0.5, 0.6) is 0 Å². The van der Waals surface area contributed by atoms with Crippen LogP contribution in [0, 0.1) is 0 Å². The molecule has 0 bridgehead atoms. The van der Waals surface area contributed by atoms with Crippen LogP contribution < -0.4 is 5.32 Å². The summed E-state index contributed by atoms with van der Waals surface area (Å²) >= 11 is 1.63. The summed E-state index contributed by atoms with van der Waals surface area (Å²) in [5, 5.41) is 10.6. The fourth-order valence-corrected chi connectivity index (χ4v) is 2.59. The molecule has 3 aromatic heterocycles. The van der Waals surface area contributed by atoms with E-state index >= 15 is 0 Å². The van der Waals surface area contributed by atoms with Gasteiger partial charge in [0, 0.05) is 19.8 Å². The van der Waals surface area contributed by atoms with E-state index < -0.39 is 0 Å². The first-order valence-corrected chi connectivity index (χ1v) is 6.60. The van der Waals surface area contributed by atoms with Crippen molar-refractivity contribution in [2.24, 2.45) is 7.05 Å². The number of nitrogens with zero attached hydrogens (tertiary/aromatic N) is 4. The first-order valence-electron chi connectivity index (χ1n) is 5.72. The minimum Gasteiger partial charge on any atom is -0.369 e. The Morgan fingerprint density at radius 1 is 1.39 bits per heavy atom. The average Bonchev–Trinajstić information content (AvgIpc) is 2.98. The van der Waals surface area contributed by atoms with Crippen LogP contribution in [0.25, 0.3) is 10.2 Å². The van der Waals surface area contributed by atoms with Crippen LogP contribution in [-0.2, 0) is 13.5 Å². The van der Waals surface area contributed by atoms with E-state index in [4.69, 9.17) is 0 Å². The third-order valence-electron chi connectivity index (χ3n) is 2.73. The molecule has 6 heteroatoms. The first kappa shape index (κ1) is 11.2. The zero-order valence-electron chi connectivity index (χ0n) is 10.00. The lowest BCUT2D eigenvalue weighted by molar-refractivity contribution is 0.767. The van der Waals surface area contributed by atoms with E-state index in [-0.39, 0.29) is 0 Å². The number of rotatable bonds is 4. The summed E-state index contributed by atoms with van der Waals surface area (Å²) < 4.78 is 1.82. The molecule has 0 aliphatic carbocycles. The number of fused-ring (bicyclic) bond motifs is 1. The Bertz CT molecular complexity index is 657. The maximum atomic E-state index is 4.28. The van der Waals surface area contributed by atoms with Gasteiger partial charge in [-0.2, -0.15) is 5.10 Å². The van der Waals surface area contributed by atoms with E-state index in [1.165, 1.54) is 5.56 Å². The molecular weight excluding hydrogens is 246 g/mol. The molecule has 0 fully saturated rings. The van der Waals surface area contributed by atoms with Gasteiger partial charge in [-0.15, -0.1) is 11.3 Å². The molecule has 0 atom stereocenters. The van der Waals surface area contributed by atoms with Crippen molar-refractivity contribution in [2.75, 3.05) is 11.9 Å². The summed E-state index contributed by atoms with van der Waals surface area (Å²) in [5.41, 5.74) is 1.22. The number of hydrogen-bond acceptors (Lipinski definition) is 5. The minimum atomic E-state index is 0.841. The van der Waals surface area contributed by atoms with Crippen molar-refractivity contribution in [1.82, 2.24) is 19.7 Å². The Morgan fingerprint density at radius 3 is 3.17 bits per heavy atom. The molecule has 3 heterocycles. The number of aryl methyl sites for hydroxylation is 1. The Kier molecular flexibility index (Phi) is 2.93. The van der Waals surface area contributed by atoms with Gasteiger partial charge in [0.15, 0.2) is 0 Å². The zero-order chi connectivity index (χ0) is 12.4. The highest BCUT2D eigenvalue weighted by atomic mass is 32.1. The molecule has 0 aliphatic rings. The summed E-state index contributed by atoms with van der Waals surface area (Å²) in [6.07, 6.45) is 6.46. The van der Waals surface area contributed by atoms with Crippen molar-refractivity contribution >= 4 is 27.4 Å². The minimum absolute atomic E-state index is 0.841. The van der Waals surface area contributed by atoms with E-state index in [9.17, 15) is 0 Å². The molecule has 0 aliphatic heterocycles. The van der Waals surface area contributed by atoms with Gasteiger partial charge in [-0.3, -0.25) is 4.68 Å². The second kappa shape index (κ2) is 4.73. The third kappa shape index (κ3) is 2.19. The molecule has 0 radical (unpaired) electrons. The lowest BCUT2D eigenvalue weighted by Crippen LogP contribution is -2.06. The second-order valence-electron chi connectivity index (χ2n) is 4.06. The fourth-order valence-electron chi connectivity index (χ4n) is 1.86. The summed E-state index contributed by atoms with van der Waals surface area (Å²) in [5.74, 6) is 0.908. The molecule has 0 unspecified atom stereocenters. The van der Waals surface area contributed by atoms with E-state index in [0.717, 1.165) is 29.0 Å². The average molecular weight is 259 g/mol. The first-order chi connectivity index (χ1) is 8.83. The lowest BCUT2D eigenvalue weighted by atomic mass is 10.2. The van der Waals surface area contributed by atoms with Gasteiger partial charge in [-0.05, 0) is 23.4 Å². The molecule has 3 aromatic rings. The summed E-state index contributed by atoms with van der Waals surface area (Å²) in [7, 11) is 1.93. The molecule has 1 N–H and O–H groups in total. The predicted octanol–water partition coefficient (Wildman–Crippen LogP) is 2.08. The normalized spacial score (nSPS) is 10.9. The SMILES string of the molecule is Cn1cc(CCNc2ncnc3sccc23)cn1.